The van der Waals surface area contributed by atoms with Crippen molar-refractivity contribution < 1.29 is 14.2 Å². The number of aliphatic hydroxyl groups is 1. The number of methoxy groups -OCH3 is 1. The van der Waals surface area contributed by atoms with Crippen LogP contribution in [0.4, 0.5) is 10.3 Å². The first-order valence-electron chi connectivity index (χ1n) is 5.74. The van der Waals surface area contributed by atoms with Crippen LogP contribution in [0.5, 0.6) is 0 Å². The molecule has 0 aliphatic rings. The molecule has 1 atom stereocenters. The number of hydrogen-bond acceptors (Lipinski definition) is 4. The summed E-state index contributed by atoms with van der Waals surface area (Å²) >= 11 is 0. The van der Waals surface area contributed by atoms with E-state index in [2.05, 4.69) is 15.3 Å². The van der Waals surface area contributed by atoms with Crippen molar-refractivity contribution in [1.29, 1.82) is 0 Å². The number of benzene rings is 1. The Balaban J connectivity index is 2.14. The van der Waals surface area contributed by atoms with E-state index in [1.807, 2.05) is 0 Å². The van der Waals surface area contributed by atoms with Crippen LogP contribution in [0, 0.1) is 5.82 Å². The van der Waals surface area contributed by atoms with Crippen molar-refractivity contribution in [1.82, 2.24) is 9.97 Å². The van der Waals surface area contributed by atoms with Crippen molar-refractivity contribution in [3.8, 4) is 0 Å². The number of nitrogens with zero attached hydrogens (tertiary/aromatic N) is 1. The van der Waals surface area contributed by atoms with Gasteiger partial charge < -0.3 is 20.1 Å². The predicted molar refractivity (Wildman–Crippen MR) is 67.0 cm³/mol. The van der Waals surface area contributed by atoms with Crippen molar-refractivity contribution in [3.63, 3.8) is 0 Å². The SMILES string of the molecule is COCC(CCO)Nc1nc2ccc(F)cc2[nH]1. The highest BCUT2D eigenvalue weighted by molar-refractivity contribution is 5.77. The lowest BCUT2D eigenvalue weighted by molar-refractivity contribution is 0.170. The number of rotatable bonds is 6. The maximum Gasteiger partial charge on any atom is 0.201 e. The van der Waals surface area contributed by atoms with Gasteiger partial charge in [-0.1, -0.05) is 0 Å². The summed E-state index contributed by atoms with van der Waals surface area (Å²) in [5.74, 6) is 0.243. The van der Waals surface area contributed by atoms with E-state index in [1.165, 1.54) is 12.1 Å². The fraction of sp³-hybridized carbons (Fsp3) is 0.417. The Morgan fingerprint density at radius 2 is 2.39 bits per heavy atom. The quantitative estimate of drug-likeness (QED) is 0.730. The largest absolute Gasteiger partial charge is 0.396 e. The lowest BCUT2D eigenvalue weighted by Gasteiger charge is -2.15. The number of halogens is 1. The first-order valence-corrected chi connectivity index (χ1v) is 5.74. The molecule has 0 bridgehead atoms. The fourth-order valence-electron chi connectivity index (χ4n) is 1.80. The first kappa shape index (κ1) is 12.8. The monoisotopic (exact) mass is 253 g/mol. The zero-order valence-electron chi connectivity index (χ0n) is 10.1. The van der Waals surface area contributed by atoms with E-state index in [4.69, 9.17) is 9.84 Å². The summed E-state index contributed by atoms with van der Waals surface area (Å²) < 4.78 is 18.1. The van der Waals surface area contributed by atoms with Gasteiger partial charge in [-0.15, -0.1) is 0 Å². The molecule has 6 heteroatoms. The first-order chi connectivity index (χ1) is 8.72. The Bertz CT molecular complexity index is 509. The second-order valence-corrected chi connectivity index (χ2v) is 4.06. The second-order valence-electron chi connectivity index (χ2n) is 4.06. The molecule has 2 aromatic rings. The predicted octanol–water partition coefficient (Wildman–Crippen LogP) is 1.51. The number of imidazole rings is 1. The molecule has 5 nitrogen and oxygen atoms in total. The molecule has 1 unspecified atom stereocenters. The molecule has 1 aromatic carbocycles. The van der Waals surface area contributed by atoms with Gasteiger partial charge in [-0.2, -0.15) is 0 Å². The summed E-state index contributed by atoms with van der Waals surface area (Å²) in [7, 11) is 1.60. The Hall–Kier alpha value is -1.66. The zero-order chi connectivity index (χ0) is 13.0. The maximum atomic E-state index is 13.0. The maximum absolute atomic E-state index is 13.0. The second kappa shape index (κ2) is 5.79. The third-order valence-corrected chi connectivity index (χ3v) is 2.63. The van der Waals surface area contributed by atoms with Gasteiger partial charge >= 0.3 is 0 Å². The van der Waals surface area contributed by atoms with E-state index >= 15 is 0 Å². The lowest BCUT2D eigenvalue weighted by atomic mass is 10.2. The third kappa shape index (κ3) is 2.96. The Kier molecular flexibility index (Phi) is 4.11. The van der Waals surface area contributed by atoms with Gasteiger partial charge in [-0.25, -0.2) is 9.37 Å². The van der Waals surface area contributed by atoms with Gasteiger partial charge in [0.2, 0.25) is 5.95 Å². The molecule has 0 spiro atoms. The van der Waals surface area contributed by atoms with Gasteiger partial charge in [-0.05, 0) is 24.6 Å². The summed E-state index contributed by atoms with van der Waals surface area (Å²) in [5.41, 5.74) is 1.33. The molecule has 0 saturated carbocycles. The molecule has 0 fully saturated rings. The van der Waals surface area contributed by atoms with Crippen LogP contribution < -0.4 is 5.32 Å². The van der Waals surface area contributed by atoms with Crippen molar-refractivity contribution in [2.45, 2.75) is 12.5 Å². The Morgan fingerprint density at radius 1 is 1.56 bits per heavy atom. The summed E-state index contributed by atoms with van der Waals surface area (Å²) in [6, 6.07) is 4.34. The van der Waals surface area contributed by atoms with Gasteiger partial charge in [0, 0.05) is 13.7 Å². The molecule has 0 amide bonds. The summed E-state index contributed by atoms with van der Waals surface area (Å²) in [6.07, 6.45) is 0.555. The van der Waals surface area contributed by atoms with Gasteiger partial charge in [0.1, 0.15) is 5.82 Å². The van der Waals surface area contributed by atoms with Crippen molar-refractivity contribution in [2.75, 3.05) is 25.6 Å². The minimum absolute atomic E-state index is 0.0367. The van der Waals surface area contributed by atoms with Crippen molar-refractivity contribution >= 4 is 17.0 Å². The molecule has 3 N–H and O–H groups in total. The van der Waals surface area contributed by atoms with Gasteiger partial charge in [0.25, 0.3) is 0 Å². The topological polar surface area (TPSA) is 70.2 Å². The lowest BCUT2D eigenvalue weighted by Crippen LogP contribution is -2.26. The highest BCUT2D eigenvalue weighted by atomic mass is 19.1. The van der Waals surface area contributed by atoms with Crippen LogP contribution in [-0.2, 0) is 4.74 Å². The van der Waals surface area contributed by atoms with Gasteiger partial charge in [0.15, 0.2) is 0 Å². The van der Waals surface area contributed by atoms with Crippen molar-refractivity contribution in [3.05, 3.63) is 24.0 Å². The van der Waals surface area contributed by atoms with E-state index in [0.717, 1.165) is 0 Å². The molecule has 98 valence electrons. The molecule has 1 heterocycles. The molecule has 2 rings (SSSR count). The summed E-state index contributed by atoms with van der Waals surface area (Å²) in [5, 5.41) is 12.1. The molecular formula is C12H16FN3O2. The normalized spacial score (nSPS) is 12.8. The van der Waals surface area contributed by atoms with E-state index in [0.29, 0.717) is 30.0 Å². The van der Waals surface area contributed by atoms with Crippen LogP contribution in [-0.4, -0.2) is 41.4 Å². The smallest absolute Gasteiger partial charge is 0.201 e. The number of anilines is 1. The number of H-pyrrole nitrogens is 1. The molecule has 0 aliphatic carbocycles. The van der Waals surface area contributed by atoms with E-state index in [-0.39, 0.29) is 18.5 Å². The number of ether oxygens (including phenoxy) is 1. The standard InChI is InChI=1S/C12H16FN3O2/c1-18-7-9(4-5-17)14-12-15-10-3-2-8(13)6-11(10)16-12/h2-3,6,9,17H,4-5,7H2,1H3,(H2,14,15,16). The molecule has 0 radical (unpaired) electrons. The molecule has 18 heavy (non-hydrogen) atoms. The molecular weight excluding hydrogens is 237 g/mol. The van der Waals surface area contributed by atoms with Crippen LogP contribution in [0.2, 0.25) is 0 Å². The number of fused-ring (bicyclic) bond motifs is 1. The van der Waals surface area contributed by atoms with Crippen LogP contribution in [0.1, 0.15) is 6.42 Å². The van der Waals surface area contributed by atoms with Crippen LogP contribution in [0.25, 0.3) is 11.0 Å². The highest BCUT2D eigenvalue weighted by Gasteiger charge is 2.10. The van der Waals surface area contributed by atoms with Crippen LogP contribution in [0.3, 0.4) is 0 Å². The van der Waals surface area contributed by atoms with E-state index in [9.17, 15) is 4.39 Å². The Labute approximate surface area is 104 Å². The van der Waals surface area contributed by atoms with Crippen molar-refractivity contribution in [2.24, 2.45) is 0 Å². The van der Waals surface area contributed by atoms with Gasteiger partial charge in [0.05, 0.1) is 23.7 Å². The van der Waals surface area contributed by atoms with Crippen LogP contribution >= 0.6 is 0 Å². The Morgan fingerprint density at radius 3 is 3.11 bits per heavy atom. The summed E-state index contributed by atoms with van der Waals surface area (Å²) in [4.78, 5) is 7.27. The third-order valence-electron chi connectivity index (χ3n) is 2.63. The highest BCUT2D eigenvalue weighted by Crippen LogP contribution is 2.16. The zero-order valence-corrected chi connectivity index (χ0v) is 10.1. The average molecular weight is 253 g/mol. The van der Waals surface area contributed by atoms with E-state index in [1.54, 1.807) is 13.2 Å². The molecule has 0 saturated heterocycles. The van der Waals surface area contributed by atoms with E-state index < -0.39 is 0 Å². The molecule has 0 aliphatic heterocycles. The van der Waals surface area contributed by atoms with Gasteiger partial charge in [-0.3, -0.25) is 0 Å². The fourth-order valence-corrected chi connectivity index (χ4v) is 1.80. The summed E-state index contributed by atoms with van der Waals surface area (Å²) in [6.45, 7) is 0.530. The molecule has 1 aromatic heterocycles. The van der Waals surface area contributed by atoms with Crippen LogP contribution in [0.15, 0.2) is 18.2 Å². The number of aliphatic hydroxyl groups excluding tert-OH is 1. The number of aromatic amines is 1. The minimum atomic E-state index is -0.304. The number of hydrogen-bond donors (Lipinski definition) is 3. The number of aromatic nitrogens is 2. The number of nitrogens with one attached hydrogen (secondary N) is 2. The minimum Gasteiger partial charge on any atom is -0.396 e. The average Bonchev–Trinajstić information content (AvgIpc) is 2.71.